The van der Waals surface area contributed by atoms with Crippen LogP contribution in [0.2, 0.25) is 0 Å². The number of hydrogen-bond acceptors (Lipinski definition) is 4. The van der Waals surface area contributed by atoms with Crippen molar-refractivity contribution in [3.63, 3.8) is 0 Å². The van der Waals surface area contributed by atoms with Crippen LogP contribution in [0.1, 0.15) is 16.1 Å². The van der Waals surface area contributed by atoms with E-state index < -0.39 is 6.10 Å². The largest absolute Gasteiger partial charge is 0.491 e. The van der Waals surface area contributed by atoms with Gasteiger partial charge in [-0.2, -0.15) is 5.10 Å². The molecule has 1 aromatic heterocycles. The lowest BCUT2D eigenvalue weighted by Gasteiger charge is -2.13. The minimum atomic E-state index is -0.775. The van der Waals surface area contributed by atoms with Gasteiger partial charge in [-0.25, -0.2) is 0 Å². The summed E-state index contributed by atoms with van der Waals surface area (Å²) in [4.78, 5) is 11.8. The van der Waals surface area contributed by atoms with Gasteiger partial charge in [-0.15, -0.1) is 0 Å². The first kappa shape index (κ1) is 15.1. The van der Waals surface area contributed by atoms with E-state index in [2.05, 4.69) is 10.4 Å². The molecule has 6 heteroatoms. The van der Waals surface area contributed by atoms with E-state index in [1.807, 2.05) is 31.2 Å². The smallest absolute Gasteiger partial charge is 0.269 e. The Kier molecular flexibility index (Phi) is 4.94. The first-order valence-electron chi connectivity index (χ1n) is 6.70. The molecule has 0 saturated heterocycles. The first-order valence-corrected chi connectivity index (χ1v) is 6.70. The molecule has 0 bridgehead atoms. The van der Waals surface area contributed by atoms with E-state index in [-0.39, 0.29) is 19.1 Å². The van der Waals surface area contributed by atoms with Crippen LogP contribution in [0.15, 0.2) is 36.5 Å². The molecule has 0 radical (unpaired) electrons. The quantitative estimate of drug-likeness (QED) is 0.828. The molecule has 1 aromatic carbocycles. The Bertz CT molecular complexity index is 610. The van der Waals surface area contributed by atoms with Gasteiger partial charge in [0.05, 0.1) is 0 Å². The lowest BCUT2D eigenvalue weighted by Crippen LogP contribution is -2.36. The van der Waals surface area contributed by atoms with Gasteiger partial charge in [0.15, 0.2) is 0 Å². The molecule has 0 aliphatic heterocycles. The third-order valence-electron chi connectivity index (χ3n) is 2.98. The van der Waals surface area contributed by atoms with Gasteiger partial charge < -0.3 is 15.2 Å². The van der Waals surface area contributed by atoms with E-state index in [0.717, 1.165) is 5.56 Å². The molecule has 112 valence electrons. The maximum Gasteiger partial charge on any atom is 0.269 e. The topological polar surface area (TPSA) is 76.4 Å². The molecule has 1 heterocycles. The second-order valence-corrected chi connectivity index (χ2v) is 4.83. The van der Waals surface area contributed by atoms with Gasteiger partial charge >= 0.3 is 0 Å². The Balaban J connectivity index is 1.76. The molecule has 21 heavy (non-hydrogen) atoms. The highest BCUT2D eigenvalue weighted by Crippen LogP contribution is 2.12. The predicted octanol–water partition coefficient (Wildman–Crippen LogP) is 0.898. The number of rotatable bonds is 6. The average molecular weight is 289 g/mol. The highest BCUT2D eigenvalue weighted by molar-refractivity contribution is 5.92. The molecule has 6 nitrogen and oxygen atoms in total. The van der Waals surface area contributed by atoms with Crippen molar-refractivity contribution in [2.75, 3.05) is 13.2 Å². The lowest BCUT2D eigenvalue weighted by molar-refractivity contribution is 0.0836. The van der Waals surface area contributed by atoms with Crippen LogP contribution < -0.4 is 10.1 Å². The highest BCUT2D eigenvalue weighted by Gasteiger charge is 2.12. The Morgan fingerprint density at radius 2 is 2.29 bits per heavy atom. The molecule has 0 saturated carbocycles. The van der Waals surface area contributed by atoms with Crippen LogP contribution in [-0.2, 0) is 7.05 Å². The Morgan fingerprint density at radius 3 is 2.95 bits per heavy atom. The number of carbonyl (C=O) groups excluding carboxylic acids is 1. The molecule has 2 N–H and O–H groups in total. The minimum absolute atomic E-state index is 0.120. The van der Waals surface area contributed by atoms with E-state index in [4.69, 9.17) is 4.74 Å². The molecule has 0 aliphatic rings. The van der Waals surface area contributed by atoms with Crippen LogP contribution >= 0.6 is 0 Å². The first-order chi connectivity index (χ1) is 10.1. The summed E-state index contributed by atoms with van der Waals surface area (Å²) in [7, 11) is 1.69. The highest BCUT2D eigenvalue weighted by atomic mass is 16.5. The zero-order valence-electron chi connectivity index (χ0n) is 12.1. The monoisotopic (exact) mass is 289 g/mol. The van der Waals surface area contributed by atoms with Crippen molar-refractivity contribution in [3.05, 3.63) is 47.8 Å². The van der Waals surface area contributed by atoms with Crippen LogP contribution in [0, 0.1) is 6.92 Å². The van der Waals surface area contributed by atoms with Gasteiger partial charge in [-0.1, -0.05) is 12.1 Å². The molecule has 0 aliphatic carbocycles. The zero-order chi connectivity index (χ0) is 15.2. The van der Waals surface area contributed by atoms with Crippen LogP contribution in [0.25, 0.3) is 0 Å². The molecule has 1 amide bonds. The molecular formula is C15H19N3O3. The standard InChI is InChI=1S/C15H19N3O3/c1-11-4-3-5-13(8-11)21-10-12(19)9-16-15(20)14-6-7-17-18(14)2/h3-8,12,19H,9-10H2,1-2H3,(H,16,20). The van der Waals surface area contributed by atoms with E-state index >= 15 is 0 Å². The van der Waals surface area contributed by atoms with Crippen molar-refractivity contribution in [2.45, 2.75) is 13.0 Å². The van der Waals surface area contributed by atoms with Crippen molar-refractivity contribution >= 4 is 5.91 Å². The zero-order valence-corrected chi connectivity index (χ0v) is 12.1. The van der Waals surface area contributed by atoms with Gasteiger partial charge in [0.1, 0.15) is 24.2 Å². The van der Waals surface area contributed by atoms with Crippen LogP contribution in [0.4, 0.5) is 0 Å². The summed E-state index contributed by atoms with van der Waals surface area (Å²) in [5.41, 5.74) is 1.54. The number of carbonyl (C=O) groups is 1. The molecule has 2 rings (SSSR count). The summed E-state index contributed by atoms with van der Waals surface area (Å²) in [6.45, 7) is 2.21. The Labute approximate surface area is 123 Å². The fourth-order valence-corrected chi connectivity index (χ4v) is 1.85. The van der Waals surface area contributed by atoms with Crippen molar-refractivity contribution in [1.29, 1.82) is 0 Å². The number of ether oxygens (including phenoxy) is 1. The van der Waals surface area contributed by atoms with Crippen molar-refractivity contribution in [2.24, 2.45) is 7.05 Å². The third kappa shape index (κ3) is 4.32. The lowest BCUT2D eigenvalue weighted by atomic mass is 10.2. The molecule has 0 spiro atoms. The number of aliphatic hydroxyl groups excluding tert-OH is 1. The molecule has 2 aromatic rings. The number of hydrogen-bond donors (Lipinski definition) is 2. The normalized spacial score (nSPS) is 12.0. The fourth-order valence-electron chi connectivity index (χ4n) is 1.85. The van der Waals surface area contributed by atoms with Gasteiger partial charge in [-0.05, 0) is 30.7 Å². The number of nitrogens with one attached hydrogen (secondary N) is 1. The van der Waals surface area contributed by atoms with Crippen molar-refractivity contribution in [1.82, 2.24) is 15.1 Å². The summed E-state index contributed by atoms with van der Waals surface area (Å²) in [6.07, 6.45) is 0.773. The molecule has 1 unspecified atom stereocenters. The number of aryl methyl sites for hydroxylation is 2. The number of benzene rings is 1. The molecule has 1 atom stereocenters. The summed E-state index contributed by atoms with van der Waals surface area (Å²) in [6, 6.07) is 9.19. The SMILES string of the molecule is Cc1cccc(OCC(O)CNC(=O)c2ccnn2C)c1. The predicted molar refractivity (Wildman–Crippen MR) is 78.2 cm³/mol. The second-order valence-electron chi connectivity index (χ2n) is 4.83. The Hall–Kier alpha value is -2.34. The summed E-state index contributed by atoms with van der Waals surface area (Å²) >= 11 is 0. The number of aliphatic hydroxyl groups is 1. The molecular weight excluding hydrogens is 270 g/mol. The van der Waals surface area contributed by atoms with Crippen LogP contribution in [-0.4, -0.2) is 40.0 Å². The Morgan fingerprint density at radius 1 is 1.48 bits per heavy atom. The molecule has 0 fully saturated rings. The van der Waals surface area contributed by atoms with Crippen LogP contribution in [0.5, 0.6) is 5.75 Å². The van der Waals surface area contributed by atoms with E-state index in [1.165, 1.54) is 4.68 Å². The average Bonchev–Trinajstić information content (AvgIpc) is 2.89. The second kappa shape index (κ2) is 6.90. The van der Waals surface area contributed by atoms with Crippen molar-refractivity contribution < 1.29 is 14.6 Å². The van der Waals surface area contributed by atoms with E-state index in [1.54, 1.807) is 19.3 Å². The third-order valence-corrected chi connectivity index (χ3v) is 2.98. The number of nitrogens with zero attached hydrogens (tertiary/aromatic N) is 2. The van der Waals surface area contributed by atoms with E-state index in [0.29, 0.717) is 11.4 Å². The fraction of sp³-hybridized carbons (Fsp3) is 0.333. The van der Waals surface area contributed by atoms with Gasteiger partial charge in [0.25, 0.3) is 5.91 Å². The number of aromatic nitrogens is 2. The summed E-state index contributed by atoms with van der Waals surface area (Å²) in [5, 5.41) is 16.4. The summed E-state index contributed by atoms with van der Waals surface area (Å²) in [5.74, 6) is 0.427. The summed E-state index contributed by atoms with van der Waals surface area (Å²) < 4.78 is 6.95. The maximum atomic E-state index is 11.8. The maximum absolute atomic E-state index is 11.8. The van der Waals surface area contributed by atoms with Crippen LogP contribution in [0.3, 0.4) is 0 Å². The van der Waals surface area contributed by atoms with Gasteiger partial charge in [0, 0.05) is 19.8 Å². The van der Waals surface area contributed by atoms with Crippen molar-refractivity contribution in [3.8, 4) is 5.75 Å². The van der Waals surface area contributed by atoms with Gasteiger partial charge in [-0.3, -0.25) is 9.48 Å². The minimum Gasteiger partial charge on any atom is -0.491 e. The van der Waals surface area contributed by atoms with Gasteiger partial charge in [0.2, 0.25) is 0 Å². The number of amides is 1. The van der Waals surface area contributed by atoms with E-state index in [9.17, 15) is 9.90 Å².